The van der Waals surface area contributed by atoms with Crippen LogP contribution in [0.1, 0.15) is 15.5 Å². The number of rotatable bonds is 4. The molecule has 0 unspecified atom stereocenters. The molecule has 17 heavy (non-hydrogen) atoms. The molecule has 9 nitrogen and oxygen atoms in total. The van der Waals surface area contributed by atoms with Gasteiger partial charge in [0, 0.05) is 10.5 Å². The molecular formula is C7H5N5O4S. The Morgan fingerprint density at radius 1 is 1.65 bits per heavy atom. The van der Waals surface area contributed by atoms with E-state index in [0.717, 1.165) is 11.3 Å². The average molecular weight is 255 g/mol. The summed E-state index contributed by atoms with van der Waals surface area (Å²) in [5, 5.41) is 24.1. The SMILES string of the molecule is O=C(O)c1nc(Cn2cnc([N+](=O)[O-])n2)cs1. The zero-order chi connectivity index (χ0) is 12.4. The molecule has 2 aromatic rings. The molecule has 0 aromatic carbocycles. The molecule has 1 N–H and O–H groups in total. The van der Waals surface area contributed by atoms with E-state index in [2.05, 4.69) is 15.1 Å². The maximum atomic E-state index is 10.6. The summed E-state index contributed by atoms with van der Waals surface area (Å²) in [5.74, 6) is -1.61. The second kappa shape index (κ2) is 4.25. The van der Waals surface area contributed by atoms with Crippen molar-refractivity contribution in [3.8, 4) is 0 Å². The minimum atomic E-state index is -1.11. The van der Waals surface area contributed by atoms with Gasteiger partial charge in [-0.3, -0.25) is 0 Å². The highest BCUT2D eigenvalue weighted by Crippen LogP contribution is 2.11. The van der Waals surface area contributed by atoms with Crippen LogP contribution in [0.25, 0.3) is 0 Å². The van der Waals surface area contributed by atoms with Gasteiger partial charge >= 0.3 is 11.9 Å². The number of carbonyl (C=O) groups is 1. The topological polar surface area (TPSA) is 124 Å². The number of hydrogen-bond acceptors (Lipinski definition) is 7. The van der Waals surface area contributed by atoms with Crippen LogP contribution in [0.5, 0.6) is 0 Å². The predicted molar refractivity (Wildman–Crippen MR) is 54.9 cm³/mol. The number of nitrogens with zero attached hydrogens (tertiary/aromatic N) is 5. The van der Waals surface area contributed by atoms with E-state index in [4.69, 9.17) is 5.11 Å². The zero-order valence-corrected chi connectivity index (χ0v) is 8.99. The molecule has 2 aromatic heterocycles. The van der Waals surface area contributed by atoms with Gasteiger partial charge in [-0.1, -0.05) is 4.98 Å². The van der Waals surface area contributed by atoms with Gasteiger partial charge in [0.25, 0.3) is 0 Å². The molecule has 0 fully saturated rings. The maximum absolute atomic E-state index is 10.6. The lowest BCUT2D eigenvalue weighted by atomic mass is 10.5. The van der Waals surface area contributed by atoms with E-state index in [0.29, 0.717) is 5.69 Å². The molecule has 0 atom stereocenters. The fourth-order valence-corrected chi connectivity index (χ4v) is 1.73. The van der Waals surface area contributed by atoms with Crippen molar-refractivity contribution < 1.29 is 14.8 Å². The van der Waals surface area contributed by atoms with Gasteiger partial charge in [-0.15, -0.1) is 11.3 Å². The van der Waals surface area contributed by atoms with Gasteiger partial charge in [0.05, 0.1) is 5.69 Å². The first-order valence-electron chi connectivity index (χ1n) is 4.28. The lowest BCUT2D eigenvalue weighted by Crippen LogP contribution is -2.03. The maximum Gasteiger partial charge on any atom is 0.490 e. The van der Waals surface area contributed by atoms with Crippen molar-refractivity contribution in [2.24, 2.45) is 0 Å². The van der Waals surface area contributed by atoms with Crippen molar-refractivity contribution in [2.45, 2.75) is 6.54 Å². The first-order chi connectivity index (χ1) is 8.06. The second-order valence-electron chi connectivity index (χ2n) is 2.95. The molecule has 0 amide bonds. The van der Waals surface area contributed by atoms with E-state index in [1.54, 1.807) is 5.38 Å². The molecule has 2 rings (SSSR count). The number of carboxylic acid groups (broad SMARTS) is 1. The fraction of sp³-hybridized carbons (Fsp3) is 0.143. The van der Waals surface area contributed by atoms with Crippen LogP contribution in [-0.4, -0.2) is 35.7 Å². The standard InChI is InChI=1S/C7H5N5O4S/c13-6(14)5-9-4(2-17-5)1-11-3-8-7(10-11)12(15)16/h2-3H,1H2,(H,13,14). The summed E-state index contributed by atoms with van der Waals surface area (Å²) in [6.45, 7) is 0.143. The van der Waals surface area contributed by atoms with Gasteiger partial charge in [-0.05, 0) is 4.92 Å². The molecular weight excluding hydrogens is 250 g/mol. The third kappa shape index (κ3) is 2.42. The van der Waals surface area contributed by atoms with Crippen LogP contribution in [0, 0.1) is 10.1 Å². The Labute approximate surface area is 97.5 Å². The van der Waals surface area contributed by atoms with E-state index >= 15 is 0 Å². The van der Waals surface area contributed by atoms with Crippen molar-refractivity contribution in [1.29, 1.82) is 0 Å². The predicted octanol–water partition coefficient (Wildman–Crippen LogP) is 0.389. The molecule has 0 bridgehead atoms. The molecule has 88 valence electrons. The summed E-state index contributed by atoms with van der Waals surface area (Å²) < 4.78 is 1.22. The Hall–Kier alpha value is -2.36. The third-order valence-electron chi connectivity index (χ3n) is 1.75. The molecule has 0 aliphatic heterocycles. The number of thiazole rings is 1. The highest BCUT2D eigenvalue weighted by atomic mass is 32.1. The Balaban J connectivity index is 2.13. The van der Waals surface area contributed by atoms with Crippen LogP contribution in [0.15, 0.2) is 11.7 Å². The summed E-state index contributed by atoms with van der Waals surface area (Å²) in [6.07, 6.45) is 1.19. The van der Waals surface area contributed by atoms with E-state index in [1.165, 1.54) is 11.0 Å². The van der Waals surface area contributed by atoms with Crippen LogP contribution in [0.4, 0.5) is 5.95 Å². The highest BCUT2D eigenvalue weighted by Gasteiger charge is 2.15. The number of aromatic nitrogens is 4. The summed E-state index contributed by atoms with van der Waals surface area (Å²) in [5.41, 5.74) is 0.465. The van der Waals surface area contributed by atoms with Gasteiger partial charge in [-0.25, -0.2) is 9.78 Å². The van der Waals surface area contributed by atoms with Gasteiger partial charge < -0.3 is 15.2 Å². The first kappa shape index (κ1) is 11.1. The Bertz CT molecular complexity index is 526. The Kier molecular flexibility index (Phi) is 2.78. The first-order valence-corrected chi connectivity index (χ1v) is 5.16. The van der Waals surface area contributed by atoms with Crippen LogP contribution in [-0.2, 0) is 6.54 Å². The van der Waals surface area contributed by atoms with Crippen molar-refractivity contribution in [2.75, 3.05) is 0 Å². The summed E-state index contributed by atoms with van der Waals surface area (Å²) in [4.78, 5) is 27.5. The Morgan fingerprint density at radius 3 is 2.94 bits per heavy atom. The van der Waals surface area contributed by atoms with E-state index < -0.39 is 16.8 Å². The Morgan fingerprint density at radius 2 is 2.41 bits per heavy atom. The molecule has 0 saturated heterocycles. The fourth-order valence-electron chi connectivity index (χ4n) is 1.09. The van der Waals surface area contributed by atoms with Gasteiger partial charge in [0.2, 0.25) is 11.3 Å². The average Bonchev–Trinajstić information content (AvgIpc) is 2.87. The lowest BCUT2D eigenvalue weighted by molar-refractivity contribution is -0.394. The minimum absolute atomic E-state index is 0.0328. The monoisotopic (exact) mass is 255 g/mol. The molecule has 0 aliphatic carbocycles. The van der Waals surface area contributed by atoms with Crippen LogP contribution >= 0.6 is 11.3 Å². The number of carboxylic acids is 1. The lowest BCUT2D eigenvalue weighted by Gasteiger charge is -1.90. The molecule has 0 spiro atoms. The minimum Gasteiger partial charge on any atom is -0.476 e. The summed E-state index contributed by atoms with van der Waals surface area (Å²) >= 11 is 0.984. The normalized spacial score (nSPS) is 10.4. The van der Waals surface area contributed by atoms with E-state index in [-0.39, 0.29) is 11.6 Å². The molecule has 0 radical (unpaired) electrons. The van der Waals surface area contributed by atoms with Crippen LogP contribution < -0.4 is 0 Å². The molecule has 0 saturated carbocycles. The van der Waals surface area contributed by atoms with Crippen LogP contribution in [0.2, 0.25) is 0 Å². The summed E-state index contributed by atoms with van der Waals surface area (Å²) in [6, 6.07) is 0. The van der Waals surface area contributed by atoms with Gasteiger partial charge in [0.1, 0.15) is 6.54 Å². The van der Waals surface area contributed by atoms with E-state index in [9.17, 15) is 14.9 Å². The number of hydrogen-bond donors (Lipinski definition) is 1. The summed E-state index contributed by atoms with van der Waals surface area (Å²) in [7, 11) is 0. The smallest absolute Gasteiger partial charge is 0.476 e. The van der Waals surface area contributed by atoms with Crippen molar-refractivity contribution in [1.82, 2.24) is 19.7 Å². The zero-order valence-electron chi connectivity index (χ0n) is 8.18. The van der Waals surface area contributed by atoms with Gasteiger partial charge in [0.15, 0.2) is 0 Å². The molecule has 10 heteroatoms. The van der Waals surface area contributed by atoms with Crippen molar-refractivity contribution in [3.63, 3.8) is 0 Å². The third-order valence-corrected chi connectivity index (χ3v) is 2.63. The molecule has 0 aliphatic rings. The number of aromatic carboxylic acids is 1. The second-order valence-corrected chi connectivity index (χ2v) is 3.81. The van der Waals surface area contributed by atoms with Crippen molar-refractivity contribution in [3.05, 3.63) is 32.5 Å². The van der Waals surface area contributed by atoms with Crippen molar-refractivity contribution >= 4 is 23.3 Å². The number of nitro groups is 1. The van der Waals surface area contributed by atoms with Gasteiger partial charge in [-0.2, -0.15) is 4.68 Å². The van der Waals surface area contributed by atoms with E-state index in [1.807, 2.05) is 0 Å². The largest absolute Gasteiger partial charge is 0.490 e. The molecule has 2 heterocycles. The highest BCUT2D eigenvalue weighted by molar-refractivity contribution is 7.11. The quantitative estimate of drug-likeness (QED) is 0.618. The van der Waals surface area contributed by atoms with Crippen LogP contribution in [0.3, 0.4) is 0 Å².